The van der Waals surface area contributed by atoms with Crippen molar-refractivity contribution < 1.29 is 5.11 Å². The Kier molecular flexibility index (Phi) is 2.92. The van der Waals surface area contributed by atoms with Crippen LogP contribution in [0, 0.1) is 0 Å². The lowest BCUT2D eigenvalue weighted by Crippen LogP contribution is -2.33. The van der Waals surface area contributed by atoms with Crippen LogP contribution in [0.5, 0.6) is 0 Å². The molecular formula is C12H19NO. The van der Waals surface area contributed by atoms with E-state index in [9.17, 15) is 5.11 Å². The summed E-state index contributed by atoms with van der Waals surface area (Å²) in [6.07, 6.45) is 10.9. The molecule has 0 saturated heterocycles. The van der Waals surface area contributed by atoms with E-state index >= 15 is 0 Å². The monoisotopic (exact) mass is 193 g/mol. The van der Waals surface area contributed by atoms with Crippen molar-refractivity contribution in [2.45, 2.75) is 50.7 Å². The highest BCUT2D eigenvalue weighted by Crippen LogP contribution is 2.28. The summed E-state index contributed by atoms with van der Waals surface area (Å²) in [4.78, 5) is 0. The van der Waals surface area contributed by atoms with E-state index < -0.39 is 5.60 Å². The number of nitrogens with zero attached hydrogens (tertiary/aromatic N) is 1. The number of aromatic nitrogens is 1. The van der Waals surface area contributed by atoms with Gasteiger partial charge in [0.1, 0.15) is 0 Å². The van der Waals surface area contributed by atoms with Gasteiger partial charge in [-0.1, -0.05) is 25.7 Å². The lowest BCUT2D eigenvalue weighted by Gasteiger charge is -2.27. The minimum absolute atomic E-state index is 0.449. The van der Waals surface area contributed by atoms with E-state index in [1.807, 2.05) is 24.5 Å². The van der Waals surface area contributed by atoms with Crippen LogP contribution in [0.2, 0.25) is 0 Å². The molecule has 1 aliphatic rings. The van der Waals surface area contributed by atoms with Gasteiger partial charge >= 0.3 is 0 Å². The predicted octanol–water partition coefficient (Wildman–Crippen LogP) is 2.57. The molecule has 0 atom stereocenters. The van der Waals surface area contributed by atoms with Crippen molar-refractivity contribution in [3.05, 3.63) is 24.5 Å². The van der Waals surface area contributed by atoms with E-state index in [1.54, 1.807) is 0 Å². The highest BCUT2D eigenvalue weighted by atomic mass is 16.3. The average Bonchev–Trinajstić information content (AvgIpc) is 2.55. The van der Waals surface area contributed by atoms with Crippen LogP contribution < -0.4 is 0 Å². The topological polar surface area (TPSA) is 25.2 Å². The second-order valence-electron chi connectivity index (χ2n) is 4.49. The second-order valence-corrected chi connectivity index (χ2v) is 4.49. The summed E-state index contributed by atoms with van der Waals surface area (Å²) >= 11 is 0. The zero-order chi connectivity index (χ0) is 9.86. The van der Waals surface area contributed by atoms with E-state index in [2.05, 4.69) is 4.57 Å². The molecule has 1 heterocycles. The van der Waals surface area contributed by atoms with Crippen LogP contribution in [0.1, 0.15) is 38.5 Å². The molecule has 1 saturated carbocycles. The highest BCUT2D eigenvalue weighted by molar-refractivity contribution is 4.93. The van der Waals surface area contributed by atoms with Crippen molar-refractivity contribution in [1.82, 2.24) is 4.57 Å². The number of aliphatic hydroxyl groups is 1. The van der Waals surface area contributed by atoms with Crippen LogP contribution in [0.4, 0.5) is 0 Å². The molecule has 0 aliphatic heterocycles. The van der Waals surface area contributed by atoms with E-state index in [4.69, 9.17) is 0 Å². The van der Waals surface area contributed by atoms with Crippen LogP contribution in [-0.4, -0.2) is 15.3 Å². The Balaban J connectivity index is 1.99. The van der Waals surface area contributed by atoms with Gasteiger partial charge in [0.25, 0.3) is 0 Å². The number of hydrogen-bond donors (Lipinski definition) is 1. The van der Waals surface area contributed by atoms with Crippen molar-refractivity contribution >= 4 is 0 Å². The molecule has 2 heteroatoms. The van der Waals surface area contributed by atoms with Gasteiger partial charge in [-0.15, -0.1) is 0 Å². The Labute approximate surface area is 85.6 Å². The van der Waals surface area contributed by atoms with Crippen LogP contribution >= 0.6 is 0 Å². The van der Waals surface area contributed by atoms with Crippen LogP contribution in [0.25, 0.3) is 0 Å². The molecular weight excluding hydrogens is 174 g/mol. The van der Waals surface area contributed by atoms with E-state index in [0.29, 0.717) is 0 Å². The van der Waals surface area contributed by atoms with Gasteiger partial charge in [-0.2, -0.15) is 0 Å². The van der Waals surface area contributed by atoms with Crippen molar-refractivity contribution in [3.63, 3.8) is 0 Å². The van der Waals surface area contributed by atoms with Crippen molar-refractivity contribution in [2.75, 3.05) is 0 Å². The predicted molar refractivity (Wildman–Crippen MR) is 57.1 cm³/mol. The van der Waals surface area contributed by atoms with E-state index in [-0.39, 0.29) is 0 Å². The van der Waals surface area contributed by atoms with Crippen LogP contribution in [-0.2, 0) is 6.54 Å². The van der Waals surface area contributed by atoms with Gasteiger partial charge in [-0.05, 0) is 25.0 Å². The van der Waals surface area contributed by atoms with Gasteiger partial charge in [0, 0.05) is 12.4 Å². The molecule has 1 aromatic heterocycles. The zero-order valence-electron chi connectivity index (χ0n) is 8.65. The lowest BCUT2D eigenvalue weighted by atomic mass is 9.94. The molecule has 1 fully saturated rings. The molecule has 1 N–H and O–H groups in total. The largest absolute Gasteiger partial charge is 0.388 e. The fourth-order valence-electron chi connectivity index (χ4n) is 2.36. The summed E-state index contributed by atoms with van der Waals surface area (Å²) in [6.45, 7) is 0.764. The minimum Gasteiger partial charge on any atom is -0.388 e. The summed E-state index contributed by atoms with van der Waals surface area (Å²) in [7, 11) is 0. The lowest BCUT2D eigenvalue weighted by molar-refractivity contribution is 0.00816. The van der Waals surface area contributed by atoms with Gasteiger partial charge in [-0.25, -0.2) is 0 Å². The molecule has 0 bridgehead atoms. The van der Waals surface area contributed by atoms with Gasteiger partial charge in [-0.3, -0.25) is 0 Å². The maximum Gasteiger partial charge on any atom is 0.0825 e. The SMILES string of the molecule is OC1(Cn2cccc2)CCCCCC1. The average molecular weight is 193 g/mol. The molecule has 14 heavy (non-hydrogen) atoms. The Hall–Kier alpha value is -0.760. The van der Waals surface area contributed by atoms with Crippen LogP contribution in [0.15, 0.2) is 24.5 Å². The van der Waals surface area contributed by atoms with Crippen molar-refractivity contribution in [2.24, 2.45) is 0 Å². The van der Waals surface area contributed by atoms with Crippen molar-refractivity contribution in [3.8, 4) is 0 Å². The van der Waals surface area contributed by atoms with Gasteiger partial charge < -0.3 is 9.67 Å². The molecule has 1 aliphatic carbocycles. The van der Waals surface area contributed by atoms with Crippen LogP contribution in [0.3, 0.4) is 0 Å². The first-order valence-corrected chi connectivity index (χ1v) is 5.62. The standard InChI is InChI=1S/C12H19NO/c14-12(7-3-1-2-4-8-12)11-13-9-5-6-10-13/h5-6,9-10,14H,1-4,7-8,11H2. The third-order valence-electron chi connectivity index (χ3n) is 3.18. The third kappa shape index (κ3) is 2.38. The molecule has 1 aromatic rings. The summed E-state index contributed by atoms with van der Waals surface area (Å²) in [5, 5.41) is 10.4. The fourth-order valence-corrected chi connectivity index (χ4v) is 2.36. The quantitative estimate of drug-likeness (QED) is 0.717. The number of rotatable bonds is 2. The van der Waals surface area contributed by atoms with Gasteiger partial charge in [0.05, 0.1) is 12.1 Å². The summed E-state index contributed by atoms with van der Waals surface area (Å²) in [6, 6.07) is 4.03. The minimum atomic E-state index is -0.449. The van der Waals surface area contributed by atoms with Crippen molar-refractivity contribution in [1.29, 1.82) is 0 Å². The Morgan fingerprint density at radius 2 is 1.57 bits per heavy atom. The molecule has 2 nitrogen and oxygen atoms in total. The Bertz CT molecular complexity index is 258. The third-order valence-corrected chi connectivity index (χ3v) is 3.18. The smallest absolute Gasteiger partial charge is 0.0825 e. The van der Waals surface area contributed by atoms with Gasteiger partial charge in [0.15, 0.2) is 0 Å². The number of hydrogen-bond acceptors (Lipinski definition) is 1. The summed E-state index contributed by atoms with van der Waals surface area (Å²) < 4.78 is 2.09. The summed E-state index contributed by atoms with van der Waals surface area (Å²) in [5.74, 6) is 0. The van der Waals surface area contributed by atoms with E-state index in [1.165, 1.54) is 25.7 Å². The fraction of sp³-hybridized carbons (Fsp3) is 0.667. The first kappa shape index (κ1) is 9.78. The maximum atomic E-state index is 10.4. The highest BCUT2D eigenvalue weighted by Gasteiger charge is 2.27. The Morgan fingerprint density at radius 3 is 2.14 bits per heavy atom. The molecule has 78 valence electrons. The molecule has 0 aromatic carbocycles. The van der Waals surface area contributed by atoms with Gasteiger partial charge in [0.2, 0.25) is 0 Å². The maximum absolute atomic E-state index is 10.4. The second kappa shape index (κ2) is 4.18. The Morgan fingerprint density at radius 1 is 1.00 bits per heavy atom. The zero-order valence-corrected chi connectivity index (χ0v) is 8.65. The normalized spacial score (nSPS) is 21.8. The molecule has 0 unspecified atom stereocenters. The molecule has 2 rings (SSSR count). The molecule has 0 spiro atoms. The van der Waals surface area contributed by atoms with E-state index in [0.717, 1.165) is 19.4 Å². The first-order chi connectivity index (χ1) is 6.79. The summed E-state index contributed by atoms with van der Waals surface area (Å²) in [5.41, 5.74) is -0.449. The first-order valence-electron chi connectivity index (χ1n) is 5.62. The molecule has 0 amide bonds. The molecule has 0 radical (unpaired) electrons.